The van der Waals surface area contributed by atoms with Gasteiger partial charge in [0, 0.05) is 13.5 Å². The van der Waals surface area contributed by atoms with E-state index in [2.05, 4.69) is 5.32 Å². The minimum Gasteiger partial charge on any atom is -0.480 e. The summed E-state index contributed by atoms with van der Waals surface area (Å²) >= 11 is 0. The van der Waals surface area contributed by atoms with Crippen LogP contribution in [-0.2, 0) is 11.2 Å². The predicted octanol–water partition coefficient (Wildman–Crippen LogP) is 1.09. The minimum absolute atomic E-state index is 0.204. The summed E-state index contributed by atoms with van der Waals surface area (Å²) in [6, 6.07) is 7.55. The van der Waals surface area contributed by atoms with Gasteiger partial charge in [-0.3, -0.25) is 0 Å². The molecule has 1 rings (SSSR count). The van der Waals surface area contributed by atoms with Crippen LogP contribution in [0.25, 0.3) is 0 Å². The normalized spacial score (nSPS) is 12.6. The van der Waals surface area contributed by atoms with Crippen LogP contribution in [0.2, 0.25) is 0 Å². The molecular formula is C15H22N2O4. The van der Waals surface area contributed by atoms with Crippen molar-refractivity contribution in [2.75, 3.05) is 13.7 Å². The van der Waals surface area contributed by atoms with Gasteiger partial charge in [0.25, 0.3) is 0 Å². The highest BCUT2D eigenvalue weighted by Crippen LogP contribution is 2.12. The Morgan fingerprint density at radius 2 is 1.86 bits per heavy atom. The number of carbonyl (C=O) groups excluding carboxylic acids is 1. The number of rotatable bonds is 6. The van der Waals surface area contributed by atoms with Gasteiger partial charge in [-0.1, -0.05) is 30.3 Å². The maximum Gasteiger partial charge on any atom is 0.326 e. The largest absolute Gasteiger partial charge is 0.480 e. The second-order valence-electron chi connectivity index (χ2n) is 5.56. The fraction of sp³-hybridized carbons (Fsp3) is 0.467. The second kappa shape index (κ2) is 7.08. The number of aliphatic carboxylic acids is 1. The zero-order chi connectivity index (χ0) is 16.0. The predicted molar refractivity (Wildman–Crippen MR) is 79.0 cm³/mol. The van der Waals surface area contributed by atoms with Gasteiger partial charge in [0.2, 0.25) is 0 Å². The highest BCUT2D eigenvalue weighted by atomic mass is 16.4. The fourth-order valence-corrected chi connectivity index (χ4v) is 1.68. The number of aliphatic hydroxyl groups excluding tert-OH is 1. The number of carboxylic acid groups (broad SMARTS) is 1. The van der Waals surface area contributed by atoms with Crippen LogP contribution >= 0.6 is 0 Å². The van der Waals surface area contributed by atoms with Crippen molar-refractivity contribution in [2.24, 2.45) is 0 Å². The molecule has 1 unspecified atom stereocenters. The molecule has 3 N–H and O–H groups in total. The van der Waals surface area contributed by atoms with Gasteiger partial charge in [0.1, 0.15) is 6.04 Å². The van der Waals surface area contributed by atoms with Crippen LogP contribution < -0.4 is 5.32 Å². The molecule has 0 saturated heterocycles. The number of nitrogens with one attached hydrogen (secondary N) is 1. The molecule has 0 fully saturated rings. The SMILES string of the molecule is CN(C(=O)NC(Cc1ccccc1)C(=O)O)C(C)(C)CO. The van der Waals surface area contributed by atoms with Gasteiger partial charge >= 0.3 is 12.0 Å². The Labute approximate surface area is 124 Å². The highest BCUT2D eigenvalue weighted by molar-refractivity contribution is 5.83. The van der Waals surface area contributed by atoms with Gasteiger partial charge in [0.05, 0.1) is 12.1 Å². The number of aliphatic hydroxyl groups is 1. The summed E-state index contributed by atoms with van der Waals surface area (Å²) in [5.41, 5.74) is 0.0640. The third-order valence-electron chi connectivity index (χ3n) is 3.48. The summed E-state index contributed by atoms with van der Waals surface area (Å²) in [5.74, 6) is -1.09. The molecule has 0 bridgehead atoms. The molecule has 1 aromatic rings. The van der Waals surface area contributed by atoms with Crippen molar-refractivity contribution in [3.8, 4) is 0 Å². The van der Waals surface area contributed by atoms with Crippen molar-refractivity contribution >= 4 is 12.0 Å². The lowest BCUT2D eigenvalue weighted by molar-refractivity contribution is -0.139. The van der Waals surface area contributed by atoms with Crippen molar-refractivity contribution in [1.82, 2.24) is 10.2 Å². The molecule has 0 aliphatic heterocycles. The molecule has 0 heterocycles. The average molecular weight is 294 g/mol. The zero-order valence-electron chi connectivity index (χ0n) is 12.5. The van der Waals surface area contributed by atoms with E-state index < -0.39 is 23.6 Å². The summed E-state index contributed by atoms with van der Waals surface area (Å²) in [4.78, 5) is 24.7. The quantitative estimate of drug-likeness (QED) is 0.732. The van der Waals surface area contributed by atoms with E-state index in [1.54, 1.807) is 13.8 Å². The van der Waals surface area contributed by atoms with E-state index in [-0.39, 0.29) is 13.0 Å². The molecule has 6 heteroatoms. The molecule has 6 nitrogen and oxygen atoms in total. The maximum atomic E-state index is 12.1. The van der Waals surface area contributed by atoms with E-state index in [0.717, 1.165) is 5.56 Å². The molecule has 0 spiro atoms. The first-order valence-electron chi connectivity index (χ1n) is 6.70. The van der Waals surface area contributed by atoms with Crippen LogP contribution in [0.4, 0.5) is 4.79 Å². The smallest absolute Gasteiger partial charge is 0.326 e. The number of urea groups is 1. The fourth-order valence-electron chi connectivity index (χ4n) is 1.68. The lowest BCUT2D eigenvalue weighted by Gasteiger charge is -2.34. The Morgan fingerprint density at radius 3 is 2.33 bits per heavy atom. The first-order chi connectivity index (χ1) is 9.77. The number of nitrogens with zero attached hydrogens (tertiary/aromatic N) is 1. The van der Waals surface area contributed by atoms with E-state index in [9.17, 15) is 19.8 Å². The van der Waals surface area contributed by atoms with E-state index in [1.165, 1.54) is 11.9 Å². The summed E-state index contributed by atoms with van der Waals surface area (Å²) in [6.07, 6.45) is 0.204. The standard InChI is InChI=1S/C15H22N2O4/c1-15(2,10-18)17(3)14(21)16-12(13(19)20)9-11-7-5-4-6-8-11/h4-8,12,18H,9-10H2,1-3H3,(H,16,21)(H,19,20). The Hall–Kier alpha value is -2.08. The molecule has 1 atom stereocenters. The summed E-state index contributed by atoms with van der Waals surface area (Å²) in [5, 5.41) is 21.0. The zero-order valence-corrected chi connectivity index (χ0v) is 12.5. The van der Waals surface area contributed by atoms with Crippen molar-refractivity contribution < 1.29 is 19.8 Å². The van der Waals surface area contributed by atoms with Crippen LogP contribution in [0.5, 0.6) is 0 Å². The molecule has 0 aromatic heterocycles. The molecule has 0 radical (unpaired) electrons. The third-order valence-corrected chi connectivity index (χ3v) is 3.48. The van der Waals surface area contributed by atoms with Crippen LogP contribution in [0.15, 0.2) is 30.3 Å². The van der Waals surface area contributed by atoms with Crippen molar-refractivity contribution in [3.63, 3.8) is 0 Å². The summed E-state index contributed by atoms with van der Waals surface area (Å²) in [7, 11) is 1.52. The molecule has 0 aliphatic rings. The van der Waals surface area contributed by atoms with Crippen LogP contribution in [-0.4, -0.2) is 52.3 Å². The molecule has 0 aliphatic carbocycles. The van der Waals surface area contributed by atoms with Crippen molar-refractivity contribution in [3.05, 3.63) is 35.9 Å². The van der Waals surface area contributed by atoms with E-state index in [4.69, 9.17) is 0 Å². The minimum atomic E-state index is -1.09. The molecule has 116 valence electrons. The number of amides is 2. The van der Waals surface area contributed by atoms with Gasteiger partial charge < -0.3 is 20.4 Å². The lowest BCUT2D eigenvalue weighted by Crippen LogP contribution is -2.55. The van der Waals surface area contributed by atoms with Gasteiger partial charge in [-0.15, -0.1) is 0 Å². The van der Waals surface area contributed by atoms with Gasteiger partial charge in [-0.25, -0.2) is 9.59 Å². The highest BCUT2D eigenvalue weighted by Gasteiger charge is 2.29. The number of hydrogen-bond acceptors (Lipinski definition) is 3. The first kappa shape index (κ1) is 17.0. The maximum absolute atomic E-state index is 12.1. The summed E-state index contributed by atoms with van der Waals surface area (Å²) in [6.45, 7) is 3.17. The lowest BCUT2D eigenvalue weighted by atomic mass is 10.0. The Bertz CT molecular complexity index is 488. The van der Waals surface area contributed by atoms with Gasteiger partial charge in [0.15, 0.2) is 0 Å². The number of hydrogen-bond donors (Lipinski definition) is 3. The summed E-state index contributed by atoms with van der Waals surface area (Å²) < 4.78 is 0. The monoisotopic (exact) mass is 294 g/mol. The topological polar surface area (TPSA) is 89.9 Å². The molecular weight excluding hydrogens is 272 g/mol. The Morgan fingerprint density at radius 1 is 1.29 bits per heavy atom. The van der Waals surface area contributed by atoms with Crippen molar-refractivity contribution in [2.45, 2.75) is 31.8 Å². The Balaban J connectivity index is 2.75. The van der Waals surface area contributed by atoms with Crippen LogP contribution in [0.3, 0.4) is 0 Å². The number of likely N-dealkylation sites (N-methyl/N-ethyl adjacent to an activating group) is 1. The number of carboxylic acids is 1. The van der Waals surface area contributed by atoms with E-state index >= 15 is 0 Å². The third kappa shape index (κ3) is 4.75. The van der Waals surface area contributed by atoms with Gasteiger partial charge in [-0.05, 0) is 19.4 Å². The number of benzene rings is 1. The van der Waals surface area contributed by atoms with Crippen molar-refractivity contribution in [1.29, 1.82) is 0 Å². The van der Waals surface area contributed by atoms with E-state index in [1.807, 2.05) is 30.3 Å². The van der Waals surface area contributed by atoms with E-state index in [0.29, 0.717) is 0 Å². The Kier molecular flexibility index (Phi) is 5.72. The average Bonchev–Trinajstić information content (AvgIpc) is 2.46. The van der Waals surface area contributed by atoms with Crippen LogP contribution in [0, 0.1) is 0 Å². The van der Waals surface area contributed by atoms with Crippen LogP contribution in [0.1, 0.15) is 19.4 Å². The molecule has 2 amide bonds. The number of carbonyl (C=O) groups is 2. The second-order valence-corrected chi connectivity index (χ2v) is 5.56. The molecule has 1 aromatic carbocycles. The molecule has 0 saturated carbocycles. The first-order valence-corrected chi connectivity index (χ1v) is 6.70. The van der Waals surface area contributed by atoms with Gasteiger partial charge in [-0.2, -0.15) is 0 Å². The molecule has 21 heavy (non-hydrogen) atoms.